The van der Waals surface area contributed by atoms with Crippen LogP contribution >= 0.6 is 0 Å². The Morgan fingerprint density at radius 3 is 2.46 bits per heavy atom. The number of anilines is 3. The molecule has 4 amide bonds. The number of carbonyl (C=O) groups is 3. The molecule has 0 spiro atoms. The molecule has 0 radical (unpaired) electrons. The molecule has 2 aromatic carbocycles. The lowest BCUT2D eigenvalue weighted by molar-refractivity contribution is -0.119. The minimum Gasteiger partial charge on any atom is -0.398 e. The van der Waals surface area contributed by atoms with E-state index in [2.05, 4.69) is 16.0 Å². The van der Waals surface area contributed by atoms with Crippen molar-refractivity contribution in [2.24, 2.45) is 11.7 Å². The highest BCUT2D eigenvalue weighted by atomic mass is 16.2. The highest BCUT2D eigenvalue weighted by Gasteiger charge is 2.28. The van der Waals surface area contributed by atoms with Gasteiger partial charge < -0.3 is 26.6 Å². The van der Waals surface area contributed by atoms with Gasteiger partial charge in [-0.05, 0) is 61.7 Å². The maximum atomic E-state index is 13.3. The molecule has 0 bridgehead atoms. The first-order valence-corrected chi connectivity index (χ1v) is 12.2. The van der Waals surface area contributed by atoms with Crippen LogP contribution in [0, 0.1) is 5.92 Å². The van der Waals surface area contributed by atoms with Crippen molar-refractivity contribution in [3.8, 4) is 0 Å². The van der Waals surface area contributed by atoms with Gasteiger partial charge in [0, 0.05) is 41.6 Å². The van der Waals surface area contributed by atoms with E-state index >= 15 is 0 Å². The summed E-state index contributed by atoms with van der Waals surface area (Å²) in [5, 5.41) is 8.24. The van der Waals surface area contributed by atoms with E-state index in [1.165, 1.54) is 0 Å². The summed E-state index contributed by atoms with van der Waals surface area (Å²) in [6.45, 7) is 0.673. The SMILES string of the molecule is NC1=CC=CC(CC(NC(=O)Nc2ccccc2)C(=O)Nc2ccc(N3CCCCC3=O)cc2)C1=C=O. The first-order valence-electron chi connectivity index (χ1n) is 12.2. The number of carbonyl (C=O) groups excluding carboxylic acids is 4. The van der Waals surface area contributed by atoms with Crippen molar-refractivity contribution >= 4 is 40.8 Å². The number of nitrogens with one attached hydrogen (secondary N) is 3. The number of nitrogens with zero attached hydrogens (tertiary/aromatic N) is 1. The topological polar surface area (TPSA) is 134 Å². The fraction of sp³-hybridized carbons (Fsp3) is 0.250. The first kappa shape index (κ1) is 25.5. The summed E-state index contributed by atoms with van der Waals surface area (Å²) in [4.78, 5) is 51.5. The number of hydrogen-bond donors (Lipinski definition) is 4. The average Bonchev–Trinajstić information content (AvgIpc) is 2.90. The fourth-order valence-electron chi connectivity index (χ4n) is 4.39. The predicted octanol–water partition coefficient (Wildman–Crippen LogP) is 3.51. The highest BCUT2D eigenvalue weighted by molar-refractivity contribution is 6.00. The van der Waals surface area contributed by atoms with Gasteiger partial charge >= 0.3 is 6.03 Å². The Hall–Kier alpha value is -4.62. The smallest absolute Gasteiger partial charge is 0.319 e. The van der Waals surface area contributed by atoms with E-state index in [0.717, 1.165) is 18.5 Å². The zero-order valence-electron chi connectivity index (χ0n) is 20.3. The minimum atomic E-state index is -0.990. The second-order valence-electron chi connectivity index (χ2n) is 8.92. The van der Waals surface area contributed by atoms with Crippen LogP contribution in [0.3, 0.4) is 0 Å². The van der Waals surface area contributed by atoms with Crippen LogP contribution in [0.5, 0.6) is 0 Å². The van der Waals surface area contributed by atoms with Crippen LogP contribution in [0.2, 0.25) is 0 Å². The van der Waals surface area contributed by atoms with Crippen LogP contribution in [0.4, 0.5) is 21.9 Å². The van der Waals surface area contributed by atoms with E-state index in [0.29, 0.717) is 24.3 Å². The third kappa shape index (κ3) is 6.54. The average molecular weight is 500 g/mol. The first-order chi connectivity index (χ1) is 17.9. The molecule has 1 aliphatic heterocycles. The Balaban J connectivity index is 1.48. The zero-order valence-corrected chi connectivity index (χ0v) is 20.3. The van der Waals surface area contributed by atoms with E-state index in [-0.39, 0.29) is 23.6 Å². The number of piperidine rings is 1. The second-order valence-corrected chi connectivity index (χ2v) is 8.92. The molecule has 1 saturated heterocycles. The molecular weight excluding hydrogens is 470 g/mol. The standard InChI is InChI=1S/C28H29N5O4/c29-24-10-6-7-19(23(24)18-34)17-25(32-28(37)31-20-8-2-1-3-9-20)27(36)30-21-12-14-22(15-13-21)33-16-5-4-11-26(33)35/h1-3,6-10,12-15,19,25H,4-5,11,16-17,29H2,(H,30,36)(H2,31,32,37). The van der Waals surface area contributed by atoms with Gasteiger partial charge in [-0.15, -0.1) is 0 Å². The number of benzene rings is 2. The van der Waals surface area contributed by atoms with Gasteiger partial charge in [0.05, 0.1) is 5.57 Å². The summed E-state index contributed by atoms with van der Waals surface area (Å²) < 4.78 is 0. The van der Waals surface area contributed by atoms with Crippen molar-refractivity contribution in [1.29, 1.82) is 0 Å². The Morgan fingerprint density at radius 1 is 1.03 bits per heavy atom. The fourth-order valence-corrected chi connectivity index (χ4v) is 4.39. The van der Waals surface area contributed by atoms with Crippen LogP contribution < -0.4 is 26.6 Å². The van der Waals surface area contributed by atoms with Gasteiger partial charge in [0.1, 0.15) is 12.0 Å². The molecule has 1 aliphatic carbocycles. The van der Waals surface area contributed by atoms with Gasteiger partial charge in [-0.25, -0.2) is 9.59 Å². The number of urea groups is 1. The monoisotopic (exact) mass is 499 g/mol. The van der Waals surface area contributed by atoms with Gasteiger partial charge in [0.15, 0.2) is 0 Å². The minimum absolute atomic E-state index is 0.0876. The number of para-hydroxylation sites is 1. The molecule has 2 atom stereocenters. The van der Waals surface area contributed by atoms with Crippen LogP contribution in [0.25, 0.3) is 0 Å². The number of hydrogen-bond acceptors (Lipinski definition) is 5. The van der Waals surface area contributed by atoms with Crippen molar-refractivity contribution in [3.05, 3.63) is 84.1 Å². The van der Waals surface area contributed by atoms with E-state index in [1.807, 2.05) is 12.0 Å². The summed E-state index contributed by atoms with van der Waals surface area (Å²) >= 11 is 0. The Labute approximate surface area is 215 Å². The molecular formula is C28H29N5O4. The van der Waals surface area contributed by atoms with Gasteiger partial charge in [-0.3, -0.25) is 9.59 Å². The summed E-state index contributed by atoms with van der Waals surface area (Å²) in [7, 11) is 0. The predicted molar refractivity (Wildman–Crippen MR) is 142 cm³/mol. The van der Waals surface area contributed by atoms with E-state index < -0.39 is 23.9 Å². The molecule has 2 aliphatic rings. The number of allylic oxidation sites excluding steroid dienone is 4. The van der Waals surface area contributed by atoms with Gasteiger partial charge in [-0.2, -0.15) is 0 Å². The maximum absolute atomic E-state index is 13.3. The Kier molecular flexibility index (Phi) is 8.18. The number of rotatable bonds is 7. The molecule has 1 fully saturated rings. The van der Waals surface area contributed by atoms with Crippen molar-refractivity contribution in [3.63, 3.8) is 0 Å². The van der Waals surface area contributed by atoms with Gasteiger partial charge in [0.2, 0.25) is 11.8 Å². The second kappa shape index (κ2) is 11.9. The van der Waals surface area contributed by atoms with Crippen LogP contribution in [-0.4, -0.2) is 36.4 Å². The third-order valence-electron chi connectivity index (χ3n) is 6.32. The quantitative estimate of drug-likeness (QED) is 0.433. The van der Waals surface area contributed by atoms with Crippen molar-refractivity contribution in [2.75, 3.05) is 22.1 Å². The summed E-state index contributed by atoms with van der Waals surface area (Å²) in [6, 6.07) is 14.3. The normalized spacial score (nSPS) is 17.9. The number of nitrogens with two attached hydrogens (primary N) is 1. The number of amides is 4. The highest BCUT2D eigenvalue weighted by Crippen LogP contribution is 2.26. The van der Waals surface area contributed by atoms with Crippen LogP contribution in [-0.2, 0) is 14.4 Å². The Bertz CT molecular complexity index is 1260. The molecule has 9 heteroatoms. The molecule has 4 rings (SSSR count). The van der Waals surface area contributed by atoms with Crippen molar-refractivity contribution in [1.82, 2.24) is 5.32 Å². The van der Waals surface area contributed by atoms with Gasteiger partial charge in [0.25, 0.3) is 0 Å². The van der Waals surface area contributed by atoms with Crippen molar-refractivity contribution < 1.29 is 19.2 Å². The molecule has 5 N–H and O–H groups in total. The summed E-state index contributed by atoms with van der Waals surface area (Å²) in [6.07, 6.45) is 7.53. The van der Waals surface area contributed by atoms with Crippen molar-refractivity contribution in [2.45, 2.75) is 31.7 Å². The molecule has 190 valence electrons. The summed E-state index contributed by atoms with van der Waals surface area (Å²) in [5.74, 6) is 0.991. The Morgan fingerprint density at radius 2 is 1.76 bits per heavy atom. The van der Waals surface area contributed by atoms with Crippen LogP contribution in [0.15, 0.2) is 84.1 Å². The molecule has 9 nitrogen and oxygen atoms in total. The van der Waals surface area contributed by atoms with Crippen LogP contribution in [0.1, 0.15) is 25.7 Å². The molecule has 2 aromatic rings. The molecule has 0 saturated carbocycles. The van der Waals surface area contributed by atoms with E-state index in [4.69, 9.17) is 5.73 Å². The maximum Gasteiger partial charge on any atom is 0.319 e. The third-order valence-corrected chi connectivity index (χ3v) is 6.32. The molecule has 1 heterocycles. The van der Waals surface area contributed by atoms with E-state index in [9.17, 15) is 19.2 Å². The lowest BCUT2D eigenvalue weighted by Gasteiger charge is -2.27. The molecule has 2 unspecified atom stereocenters. The largest absolute Gasteiger partial charge is 0.398 e. The van der Waals surface area contributed by atoms with Gasteiger partial charge in [-0.1, -0.05) is 30.4 Å². The molecule has 37 heavy (non-hydrogen) atoms. The van der Waals surface area contributed by atoms with E-state index in [1.54, 1.807) is 71.7 Å². The lowest BCUT2D eigenvalue weighted by Crippen LogP contribution is -2.46. The molecule has 0 aromatic heterocycles. The summed E-state index contributed by atoms with van der Waals surface area (Å²) in [5.41, 5.74) is 8.29. The lowest BCUT2D eigenvalue weighted by atomic mass is 9.87. The zero-order chi connectivity index (χ0) is 26.2.